The molecule has 1 aliphatic carbocycles. The van der Waals surface area contributed by atoms with Crippen LogP contribution < -0.4 is 5.32 Å². The molecule has 3 aromatic rings. The molecule has 0 atom stereocenters. The van der Waals surface area contributed by atoms with Crippen molar-refractivity contribution in [3.8, 4) is 5.69 Å². The van der Waals surface area contributed by atoms with Crippen LogP contribution in [0.3, 0.4) is 0 Å². The first-order chi connectivity index (χ1) is 15.6. The predicted octanol–water partition coefficient (Wildman–Crippen LogP) is 4.36. The summed E-state index contributed by atoms with van der Waals surface area (Å²) in [5.74, 6) is 1.50. The zero-order chi connectivity index (χ0) is 22.5. The summed E-state index contributed by atoms with van der Waals surface area (Å²) in [6, 6.07) is 17.0. The van der Waals surface area contributed by atoms with Gasteiger partial charge < -0.3 is 10.2 Å². The summed E-state index contributed by atoms with van der Waals surface area (Å²) < 4.78 is 2.06. The van der Waals surface area contributed by atoms with E-state index in [1.54, 1.807) is 29.2 Å². The highest BCUT2D eigenvalue weighted by Gasteiger charge is 2.31. The van der Waals surface area contributed by atoms with E-state index >= 15 is 0 Å². The minimum absolute atomic E-state index is 0.00449. The molecule has 4 rings (SSSR count). The Morgan fingerprint density at radius 1 is 1.03 bits per heavy atom. The van der Waals surface area contributed by atoms with E-state index in [-0.39, 0.29) is 17.6 Å². The Morgan fingerprint density at radius 2 is 1.72 bits per heavy atom. The maximum atomic E-state index is 12.5. The molecule has 7 nitrogen and oxygen atoms in total. The topological polar surface area (TPSA) is 80.1 Å². The van der Waals surface area contributed by atoms with Crippen LogP contribution in [0.4, 0.5) is 5.69 Å². The lowest BCUT2D eigenvalue weighted by molar-refractivity contribution is -0.113. The number of aromatic nitrogens is 3. The number of anilines is 1. The van der Waals surface area contributed by atoms with Gasteiger partial charge in [-0.1, -0.05) is 30.0 Å². The number of carbonyl (C=O) groups is 2. The minimum Gasteiger partial charge on any atom is -0.339 e. The van der Waals surface area contributed by atoms with Crippen LogP contribution in [0.25, 0.3) is 5.69 Å². The van der Waals surface area contributed by atoms with Crippen molar-refractivity contribution in [2.24, 2.45) is 0 Å². The molecule has 1 heterocycles. The first-order valence-electron chi connectivity index (χ1n) is 10.9. The van der Waals surface area contributed by atoms with Gasteiger partial charge in [-0.2, -0.15) is 0 Å². The van der Waals surface area contributed by atoms with Gasteiger partial charge >= 0.3 is 0 Å². The lowest BCUT2D eigenvalue weighted by Gasteiger charge is -2.18. The number of nitrogens with zero attached hydrogens (tertiary/aromatic N) is 4. The van der Waals surface area contributed by atoms with Crippen LogP contribution in [0, 0.1) is 0 Å². The van der Waals surface area contributed by atoms with E-state index in [1.165, 1.54) is 11.8 Å². The summed E-state index contributed by atoms with van der Waals surface area (Å²) in [6.45, 7) is 5.25. The van der Waals surface area contributed by atoms with Crippen LogP contribution in [0.15, 0.2) is 59.8 Å². The van der Waals surface area contributed by atoms with E-state index in [9.17, 15) is 9.59 Å². The summed E-state index contributed by atoms with van der Waals surface area (Å²) in [6.07, 6.45) is 2.26. The van der Waals surface area contributed by atoms with Crippen LogP contribution in [-0.4, -0.2) is 50.3 Å². The molecule has 1 aromatic heterocycles. The van der Waals surface area contributed by atoms with Gasteiger partial charge in [-0.15, -0.1) is 10.2 Å². The van der Waals surface area contributed by atoms with E-state index in [0.29, 0.717) is 35.4 Å². The van der Waals surface area contributed by atoms with Crippen LogP contribution in [0.2, 0.25) is 0 Å². The van der Waals surface area contributed by atoms with E-state index < -0.39 is 0 Å². The molecule has 1 aliphatic rings. The van der Waals surface area contributed by atoms with Crippen molar-refractivity contribution in [2.75, 3.05) is 24.2 Å². The van der Waals surface area contributed by atoms with Crippen LogP contribution in [0.1, 0.15) is 48.8 Å². The Balaban J connectivity index is 1.39. The number of hydrogen-bond acceptors (Lipinski definition) is 5. The average Bonchev–Trinajstić information content (AvgIpc) is 3.58. The number of amides is 2. The van der Waals surface area contributed by atoms with Crippen LogP contribution in [0.5, 0.6) is 0 Å². The molecule has 1 fully saturated rings. The number of carbonyl (C=O) groups excluding carboxylic acids is 2. The Labute approximate surface area is 192 Å². The van der Waals surface area contributed by atoms with Crippen molar-refractivity contribution >= 4 is 29.3 Å². The van der Waals surface area contributed by atoms with Crippen molar-refractivity contribution < 1.29 is 9.59 Å². The molecular formula is C24H27N5O2S. The maximum absolute atomic E-state index is 12.5. The van der Waals surface area contributed by atoms with Gasteiger partial charge in [-0.05, 0) is 63.1 Å². The van der Waals surface area contributed by atoms with E-state index in [1.807, 2.05) is 44.2 Å². The first-order valence-corrected chi connectivity index (χ1v) is 11.9. The number of nitrogens with one attached hydrogen (secondary N) is 1. The van der Waals surface area contributed by atoms with Gasteiger partial charge in [-0.25, -0.2) is 0 Å². The number of hydrogen-bond donors (Lipinski definition) is 1. The molecule has 8 heteroatoms. The maximum Gasteiger partial charge on any atom is 0.253 e. The largest absolute Gasteiger partial charge is 0.339 e. The molecule has 0 unspecified atom stereocenters. The molecular weight excluding hydrogens is 422 g/mol. The average molecular weight is 450 g/mol. The predicted molar refractivity (Wildman–Crippen MR) is 126 cm³/mol. The second kappa shape index (κ2) is 9.99. The molecule has 1 N–H and O–H groups in total. The summed E-state index contributed by atoms with van der Waals surface area (Å²) in [7, 11) is 0. The van der Waals surface area contributed by atoms with E-state index in [4.69, 9.17) is 0 Å². The third-order valence-electron chi connectivity index (χ3n) is 5.41. The summed E-state index contributed by atoms with van der Waals surface area (Å²) in [5.41, 5.74) is 2.29. The van der Waals surface area contributed by atoms with Crippen LogP contribution in [-0.2, 0) is 4.79 Å². The molecule has 2 aromatic carbocycles. The molecule has 166 valence electrons. The molecule has 0 radical (unpaired) electrons. The molecule has 0 saturated heterocycles. The highest BCUT2D eigenvalue weighted by molar-refractivity contribution is 7.99. The van der Waals surface area contributed by atoms with Crippen LogP contribution >= 0.6 is 11.8 Å². The summed E-state index contributed by atoms with van der Waals surface area (Å²) in [5, 5.41) is 12.4. The highest BCUT2D eigenvalue weighted by atomic mass is 32.2. The Morgan fingerprint density at radius 3 is 2.34 bits per heavy atom. The number of para-hydroxylation sites is 1. The SMILES string of the molecule is CCN(CC)C(=O)c1ccc(NC(=O)CSc2nnc(C3CC3)n2-c2ccccc2)cc1. The molecule has 0 spiro atoms. The highest BCUT2D eigenvalue weighted by Crippen LogP contribution is 2.41. The van der Waals surface area contributed by atoms with Gasteiger partial charge in [0.2, 0.25) is 5.91 Å². The summed E-state index contributed by atoms with van der Waals surface area (Å²) >= 11 is 1.37. The smallest absolute Gasteiger partial charge is 0.253 e. The van der Waals surface area contributed by atoms with E-state index in [2.05, 4.69) is 20.1 Å². The first kappa shape index (κ1) is 22.1. The van der Waals surface area contributed by atoms with E-state index in [0.717, 1.165) is 24.4 Å². The second-order valence-electron chi connectivity index (χ2n) is 7.68. The van der Waals surface area contributed by atoms with Gasteiger partial charge in [-0.3, -0.25) is 14.2 Å². The lowest BCUT2D eigenvalue weighted by Crippen LogP contribution is -2.30. The number of thioether (sulfide) groups is 1. The van der Waals surface area contributed by atoms with Crippen molar-refractivity contribution in [3.63, 3.8) is 0 Å². The minimum atomic E-state index is -0.131. The second-order valence-corrected chi connectivity index (χ2v) is 8.62. The quantitative estimate of drug-likeness (QED) is 0.491. The fourth-order valence-electron chi connectivity index (χ4n) is 3.52. The Hall–Kier alpha value is -3.13. The number of rotatable bonds is 9. The summed E-state index contributed by atoms with van der Waals surface area (Å²) in [4.78, 5) is 26.7. The van der Waals surface area contributed by atoms with Crippen molar-refractivity contribution in [2.45, 2.75) is 37.8 Å². The third kappa shape index (κ3) is 5.02. The molecule has 32 heavy (non-hydrogen) atoms. The van der Waals surface area contributed by atoms with Gasteiger partial charge in [0.05, 0.1) is 5.75 Å². The zero-order valence-corrected chi connectivity index (χ0v) is 19.1. The fourth-order valence-corrected chi connectivity index (χ4v) is 4.28. The Kier molecular flexibility index (Phi) is 6.90. The molecule has 1 saturated carbocycles. The standard InChI is InChI=1S/C24H27N5O2S/c1-3-28(4-2)23(31)18-12-14-19(15-13-18)25-21(30)16-32-24-27-26-22(17-10-11-17)29(24)20-8-6-5-7-9-20/h5-9,12-15,17H,3-4,10-11,16H2,1-2H3,(H,25,30). The van der Waals surface area contributed by atoms with Gasteiger partial charge in [0.1, 0.15) is 5.82 Å². The molecule has 0 aliphatic heterocycles. The van der Waals surface area contributed by atoms with Gasteiger partial charge in [0.25, 0.3) is 5.91 Å². The third-order valence-corrected chi connectivity index (χ3v) is 6.34. The Bertz CT molecular complexity index is 1070. The normalized spacial score (nSPS) is 13.1. The monoisotopic (exact) mass is 449 g/mol. The van der Waals surface area contributed by atoms with Gasteiger partial charge in [0.15, 0.2) is 5.16 Å². The van der Waals surface area contributed by atoms with Crippen molar-refractivity contribution in [1.82, 2.24) is 19.7 Å². The van der Waals surface area contributed by atoms with Crippen molar-refractivity contribution in [3.05, 3.63) is 66.0 Å². The van der Waals surface area contributed by atoms with Crippen molar-refractivity contribution in [1.29, 1.82) is 0 Å². The lowest BCUT2D eigenvalue weighted by atomic mass is 10.2. The fraction of sp³-hybridized carbons (Fsp3) is 0.333. The van der Waals surface area contributed by atoms with Gasteiger partial charge in [0, 0.05) is 35.9 Å². The molecule has 2 amide bonds. The zero-order valence-electron chi connectivity index (χ0n) is 18.3. The number of benzene rings is 2. The molecule has 0 bridgehead atoms.